The lowest BCUT2D eigenvalue weighted by Crippen LogP contribution is -2.11. The summed E-state index contributed by atoms with van der Waals surface area (Å²) >= 11 is 0. The number of methoxy groups -OCH3 is 1. The van der Waals surface area contributed by atoms with E-state index in [4.69, 9.17) is 9.47 Å². The maximum absolute atomic E-state index is 5.50. The van der Waals surface area contributed by atoms with Crippen molar-refractivity contribution in [2.75, 3.05) is 26.9 Å². The molecule has 0 aliphatic heterocycles. The lowest BCUT2D eigenvalue weighted by molar-refractivity contribution is 0.0945. The van der Waals surface area contributed by atoms with Crippen LogP contribution < -0.4 is 0 Å². The molecule has 0 spiro atoms. The quantitative estimate of drug-likeness (QED) is 0.534. The smallest absolute Gasteiger partial charge is 0.0487 e. The summed E-state index contributed by atoms with van der Waals surface area (Å²) in [6.07, 6.45) is 4.69. The van der Waals surface area contributed by atoms with Crippen LogP contribution >= 0.6 is 0 Å². The fourth-order valence-corrected chi connectivity index (χ4v) is 1.24. The normalized spacial score (nSPS) is 12.0. The molecule has 0 saturated carbocycles. The van der Waals surface area contributed by atoms with Gasteiger partial charge in [0.2, 0.25) is 0 Å². The first-order valence-electron chi connectivity index (χ1n) is 5.69. The Morgan fingerprint density at radius 2 is 1.64 bits per heavy atom. The molecule has 0 aliphatic carbocycles. The highest BCUT2D eigenvalue weighted by Crippen LogP contribution is 2.25. The molecule has 0 aliphatic rings. The van der Waals surface area contributed by atoms with Gasteiger partial charge in [-0.25, -0.2) is 0 Å². The maximum Gasteiger partial charge on any atom is 0.0487 e. The summed E-state index contributed by atoms with van der Waals surface area (Å²) < 4.78 is 10.4. The van der Waals surface area contributed by atoms with Crippen LogP contribution in [0.4, 0.5) is 0 Å². The van der Waals surface area contributed by atoms with Crippen LogP contribution in [0.15, 0.2) is 0 Å². The summed E-state index contributed by atoms with van der Waals surface area (Å²) in [6.45, 7) is 9.42. The molecule has 0 amide bonds. The van der Waals surface area contributed by atoms with Crippen molar-refractivity contribution in [2.24, 2.45) is 5.41 Å². The van der Waals surface area contributed by atoms with Gasteiger partial charge in [-0.3, -0.25) is 0 Å². The van der Waals surface area contributed by atoms with E-state index in [1.165, 1.54) is 19.3 Å². The molecular formula is C12H26O2. The van der Waals surface area contributed by atoms with Gasteiger partial charge in [-0.1, -0.05) is 27.2 Å². The average Bonchev–Trinajstić information content (AvgIpc) is 2.16. The van der Waals surface area contributed by atoms with Gasteiger partial charge in [0.1, 0.15) is 0 Å². The predicted molar refractivity (Wildman–Crippen MR) is 60.6 cm³/mol. The molecule has 0 heterocycles. The second kappa shape index (κ2) is 8.25. The van der Waals surface area contributed by atoms with Crippen molar-refractivity contribution in [3.05, 3.63) is 0 Å². The van der Waals surface area contributed by atoms with Crippen LogP contribution in [0.2, 0.25) is 0 Å². The Balaban J connectivity index is 3.13. The fourth-order valence-electron chi connectivity index (χ4n) is 1.24. The molecule has 0 bridgehead atoms. The highest BCUT2D eigenvalue weighted by Gasteiger charge is 2.13. The first kappa shape index (κ1) is 13.9. The van der Waals surface area contributed by atoms with Gasteiger partial charge in [-0.2, -0.15) is 0 Å². The van der Waals surface area contributed by atoms with Gasteiger partial charge in [0.15, 0.2) is 0 Å². The van der Waals surface area contributed by atoms with Crippen molar-refractivity contribution in [3.8, 4) is 0 Å². The van der Waals surface area contributed by atoms with Gasteiger partial charge < -0.3 is 9.47 Å². The van der Waals surface area contributed by atoms with Crippen LogP contribution in [0.5, 0.6) is 0 Å². The molecule has 0 aromatic carbocycles. The SMILES string of the molecule is CCC(C)(C)CCCOCCCOC. The topological polar surface area (TPSA) is 18.5 Å². The van der Waals surface area contributed by atoms with Crippen LogP contribution in [0.25, 0.3) is 0 Å². The largest absolute Gasteiger partial charge is 0.385 e. The number of hydrogen-bond acceptors (Lipinski definition) is 2. The summed E-state index contributed by atoms with van der Waals surface area (Å²) in [7, 11) is 1.73. The highest BCUT2D eigenvalue weighted by molar-refractivity contribution is 4.65. The molecule has 0 aromatic rings. The van der Waals surface area contributed by atoms with E-state index in [0.29, 0.717) is 5.41 Å². The van der Waals surface area contributed by atoms with E-state index >= 15 is 0 Å². The molecule has 0 N–H and O–H groups in total. The molecular weight excluding hydrogens is 176 g/mol. The molecule has 0 aromatic heterocycles. The van der Waals surface area contributed by atoms with Gasteiger partial charge in [-0.05, 0) is 24.7 Å². The van der Waals surface area contributed by atoms with E-state index in [2.05, 4.69) is 20.8 Å². The standard InChI is InChI=1S/C12H26O2/c1-5-12(2,3)8-6-10-14-11-7-9-13-4/h5-11H2,1-4H3. The van der Waals surface area contributed by atoms with Gasteiger partial charge in [0.05, 0.1) is 0 Å². The Morgan fingerprint density at radius 3 is 2.21 bits per heavy atom. The second-order valence-corrected chi connectivity index (χ2v) is 4.58. The average molecular weight is 202 g/mol. The molecule has 0 radical (unpaired) electrons. The highest BCUT2D eigenvalue weighted by atomic mass is 16.5. The van der Waals surface area contributed by atoms with Crippen molar-refractivity contribution in [1.29, 1.82) is 0 Å². The molecule has 2 nitrogen and oxygen atoms in total. The first-order chi connectivity index (χ1) is 6.62. The third-order valence-electron chi connectivity index (χ3n) is 2.74. The summed E-state index contributed by atoms with van der Waals surface area (Å²) in [5, 5.41) is 0. The Labute approximate surface area is 89.0 Å². The Morgan fingerprint density at radius 1 is 1.00 bits per heavy atom. The van der Waals surface area contributed by atoms with Gasteiger partial charge >= 0.3 is 0 Å². The second-order valence-electron chi connectivity index (χ2n) is 4.58. The van der Waals surface area contributed by atoms with E-state index in [9.17, 15) is 0 Å². The summed E-state index contributed by atoms with van der Waals surface area (Å²) in [5.41, 5.74) is 0.482. The van der Waals surface area contributed by atoms with Gasteiger partial charge in [-0.15, -0.1) is 0 Å². The van der Waals surface area contributed by atoms with Crippen molar-refractivity contribution in [3.63, 3.8) is 0 Å². The molecule has 0 atom stereocenters. The van der Waals surface area contributed by atoms with Gasteiger partial charge in [0, 0.05) is 26.9 Å². The number of hydrogen-bond donors (Lipinski definition) is 0. The Bertz CT molecular complexity index is 121. The molecule has 0 rings (SSSR count). The van der Waals surface area contributed by atoms with Crippen LogP contribution in [-0.2, 0) is 9.47 Å². The van der Waals surface area contributed by atoms with Crippen LogP contribution in [0, 0.1) is 5.41 Å². The van der Waals surface area contributed by atoms with E-state index < -0.39 is 0 Å². The van der Waals surface area contributed by atoms with Crippen molar-refractivity contribution >= 4 is 0 Å². The zero-order valence-electron chi connectivity index (χ0n) is 10.3. The van der Waals surface area contributed by atoms with Crippen LogP contribution in [-0.4, -0.2) is 26.9 Å². The van der Waals surface area contributed by atoms with E-state index in [0.717, 1.165) is 26.2 Å². The molecule has 2 heteroatoms. The fraction of sp³-hybridized carbons (Fsp3) is 1.00. The molecule has 86 valence electrons. The van der Waals surface area contributed by atoms with E-state index in [-0.39, 0.29) is 0 Å². The summed E-state index contributed by atoms with van der Waals surface area (Å²) in [4.78, 5) is 0. The van der Waals surface area contributed by atoms with E-state index in [1.807, 2.05) is 0 Å². The van der Waals surface area contributed by atoms with Crippen molar-refractivity contribution in [1.82, 2.24) is 0 Å². The van der Waals surface area contributed by atoms with E-state index in [1.54, 1.807) is 7.11 Å². The Hall–Kier alpha value is -0.0800. The minimum atomic E-state index is 0.482. The zero-order chi connectivity index (χ0) is 10.9. The zero-order valence-corrected chi connectivity index (χ0v) is 10.3. The van der Waals surface area contributed by atoms with Crippen molar-refractivity contribution in [2.45, 2.75) is 46.5 Å². The molecule has 0 fully saturated rings. The third kappa shape index (κ3) is 8.52. The van der Waals surface area contributed by atoms with Crippen molar-refractivity contribution < 1.29 is 9.47 Å². The summed E-state index contributed by atoms with van der Waals surface area (Å²) in [6, 6.07) is 0. The lowest BCUT2D eigenvalue weighted by Gasteiger charge is -2.22. The van der Waals surface area contributed by atoms with Crippen LogP contribution in [0.1, 0.15) is 46.5 Å². The predicted octanol–water partition coefficient (Wildman–Crippen LogP) is 3.26. The lowest BCUT2D eigenvalue weighted by atomic mass is 9.85. The maximum atomic E-state index is 5.50. The summed E-state index contributed by atoms with van der Waals surface area (Å²) in [5.74, 6) is 0. The van der Waals surface area contributed by atoms with Crippen LogP contribution in [0.3, 0.4) is 0 Å². The minimum absolute atomic E-state index is 0.482. The van der Waals surface area contributed by atoms with Gasteiger partial charge in [0.25, 0.3) is 0 Å². The minimum Gasteiger partial charge on any atom is -0.385 e. The molecule has 0 unspecified atom stereocenters. The monoisotopic (exact) mass is 202 g/mol. The number of rotatable bonds is 9. The first-order valence-corrected chi connectivity index (χ1v) is 5.69. The number of ether oxygens (including phenoxy) is 2. The molecule has 0 saturated heterocycles. The molecule has 14 heavy (non-hydrogen) atoms. The Kier molecular flexibility index (Phi) is 8.20. The third-order valence-corrected chi connectivity index (χ3v) is 2.74.